The lowest BCUT2D eigenvalue weighted by Crippen LogP contribution is -2.47. The summed E-state index contributed by atoms with van der Waals surface area (Å²) in [5, 5.41) is 11.6. The molecule has 8 heteroatoms. The Morgan fingerprint density at radius 2 is 1.88 bits per heavy atom. The molecule has 2 heterocycles. The maximum Gasteiger partial charge on any atom is 0.273 e. The van der Waals surface area contributed by atoms with Gasteiger partial charge in [-0.1, -0.05) is 0 Å². The van der Waals surface area contributed by atoms with E-state index in [9.17, 15) is 14.9 Å². The minimum absolute atomic E-state index is 0.00838. The topological polar surface area (TPSA) is 85.2 Å². The van der Waals surface area contributed by atoms with Gasteiger partial charge < -0.3 is 19.3 Å². The van der Waals surface area contributed by atoms with Crippen molar-refractivity contribution in [2.45, 2.75) is 18.6 Å². The van der Waals surface area contributed by atoms with E-state index < -0.39 is 10.7 Å². The van der Waals surface area contributed by atoms with Crippen LogP contribution in [0.1, 0.15) is 27.9 Å². The van der Waals surface area contributed by atoms with Gasteiger partial charge >= 0.3 is 0 Å². The van der Waals surface area contributed by atoms with Crippen LogP contribution in [0.25, 0.3) is 0 Å². The molecule has 134 valence electrons. The SMILES string of the molecule is CN1CCN(C(=O)c2cc([N+](=O)[O-])c3c(c2)C2(CC3)OCCO2)CC1. The first-order valence-corrected chi connectivity index (χ1v) is 8.58. The van der Waals surface area contributed by atoms with Crippen LogP contribution in [0.2, 0.25) is 0 Å². The van der Waals surface area contributed by atoms with Crippen LogP contribution in [0.3, 0.4) is 0 Å². The van der Waals surface area contributed by atoms with Gasteiger partial charge in [-0.25, -0.2) is 0 Å². The summed E-state index contributed by atoms with van der Waals surface area (Å²) in [6.45, 7) is 3.77. The number of benzene rings is 1. The zero-order valence-electron chi connectivity index (χ0n) is 14.2. The molecule has 0 bridgehead atoms. The number of ether oxygens (including phenoxy) is 2. The number of carbonyl (C=O) groups is 1. The van der Waals surface area contributed by atoms with Crippen molar-refractivity contribution in [3.8, 4) is 0 Å². The van der Waals surface area contributed by atoms with Crippen molar-refractivity contribution in [2.75, 3.05) is 46.4 Å². The van der Waals surface area contributed by atoms with Gasteiger partial charge in [-0.3, -0.25) is 14.9 Å². The third-order valence-electron chi connectivity index (χ3n) is 5.33. The van der Waals surface area contributed by atoms with Crippen LogP contribution in [0.5, 0.6) is 0 Å². The number of amides is 1. The van der Waals surface area contributed by atoms with E-state index in [1.165, 1.54) is 6.07 Å². The molecule has 2 fully saturated rings. The Labute approximate surface area is 145 Å². The highest BCUT2D eigenvalue weighted by atomic mass is 16.7. The molecular weight excluding hydrogens is 326 g/mol. The highest BCUT2D eigenvalue weighted by molar-refractivity contribution is 5.95. The molecule has 0 radical (unpaired) electrons. The van der Waals surface area contributed by atoms with Crippen LogP contribution >= 0.6 is 0 Å². The number of carbonyl (C=O) groups excluding carboxylic acids is 1. The van der Waals surface area contributed by atoms with E-state index >= 15 is 0 Å². The Bertz CT molecular complexity index is 721. The molecule has 0 N–H and O–H groups in total. The second-order valence-corrected chi connectivity index (χ2v) is 6.82. The van der Waals surface area contributed by atoms with Gasteiger partial charge in [0.2, 0.25) is 0 Å². The molecule has 0 aromatic heterocycles. The molecule has 2 saturated heterocycles. The second-order valence-electron chi connectivity index (χ2n) is 6.82. The first-order chi connectivity index (χ1) is 12.0. The normalized spacial score (nSPS) is 22.4. The van der Waals surface area contributed by atoms with Gasteiger partial charge in [0, 0.05) is 55.4 Å². The number of likely N-dealkylation sites (N-methyl/N-ethyl adjacent to an activating group) is 1. The third kappa shape index (κ3) is 2.70. The van der Waals surface area contributed by atoms with E-state index in [0.29, 0.717) is 55.8 Å². The molecule has 1 aromatic rings. The summed E-state index contributed by atoms with van der Waals surface area (Å²) in [6.07, 6.45) is 1.07. The zero-order valence-corrected chi connectivity index (χ0v) is 14.2. The van der Waals surface area contributed by atoms with Crippen LogP contribution in [0.4, 0.5) is 5.69 Å². The van der Waals surface area contributed by atoms with E-state index in [2.05, 4.69) is 4.90 Å². The van der Waals surface area contributed by atoms with E-state index in [1.807, 2.05) is 7.05 Å². The Hall–Kier alpha value is -2.03. The summed E-state index contributed by atoms with van der Waals surface area (Å²) >= 11 is 0. The summed E-state index contributed by atoms with van der Waals surface area (Å²) in [5.41, 5.74) is 1.61. The Morgan fingerprint density at radius 1 is 1.20 bits per heavy atom. The molecule has 1 aliphatic carbocycles. The van der Waals surface area contributed by atoms with Crippen molar-refractivity contribution in [1.29, 1.82) is 0 Å². The zero-order chi connectivity index (χ0) is 17.6. The maximum absolute atomic E-state index is 12.9. The molecule has 2 aliphatic heterocycles. The Morgan fingerprint density at radius 3 is 2.52 bits per heavy atom. The number of nitrogens with zero attached hydrogens (tertiary/aromatic N) is 3. The fraction of sp³-hybridized carbons (Fsp3) is 0.588. The van der Waals surface area contributed by atoms with Gasteiger partial charge in [-0.05, 0) is 19.5 Å². The van der Waals surface area contributed by atoms with Crippen molar-refractivity contribution >= 4 is 11.6 Å². The minimum Gasteiger partial charge on any atom is -0.343 e. The molecule has 0 unspecified atom stereocenters. The van der Waals surface area contributed by atoms with Crippen LogP contribution in [-0.2, 0) is 21.7 Å². The molecule has 8 nitrogen and oxygen atoms in total. The Balaban J connectivity index is 1.73. The smallest absolute Gasteiger partial charge is 0.273 e. The van der Waals surface area contributed by atoms with Crippen LogP contribution in [0, 0.1) is 10.1 Å². The molecule has 1 aromatic carbocycles. The van der Waals surface area contributed by atoms with Gasteiger partial charge in [0.25, 0.3) is 11.6 Å². The van der Waals surface area contributed by atoms with E-state index in [1.54, 1.807) is 11.0 Å². The predicted octanol–water partition coefficient (Wildman–Crippen LogP) is 1.13. The fourth-order valence-electron chi connectivity index (χ4n) is 3.92. The van der Waals surface area contributed by atoms with Gasteiger partial charge in [-0.15, -0.1) is 0 Å². The summed E-state index contributed by atoms with van der Waals surface area (Å²) in [4.78, 5) is 27.9. The van der Waals surface area contributed by atoms with Gasteiger partial charge in [0.05, 0.1) is 18.1 Å². The van der Waals surface area contributed by atoms with Crippen molar-refractivity contribution < 1.29 is 19.2 Å². The average Bonchev–Trinajstić information content (AvgIpc) is 3.23. The lowest BCUT2D eigenvalue weighted by molar-refractivity contribution is -0.385. The van der Waals surface area contributed by atoms with Gasteiger partial charge in [-0.2, -0.15) is 0 Å². The number of rotatable bonds is 2. The number of hydrogen-bond donors (Lipinski definition) is 0. The lowest BCUT2D eigenvalue weighted by Gasteiger charge is -2.32. The van der Waals surface area contributed by atoms with Crippen LogP contribution in [0.15, 0.2) is 12.1 Å². The van der Waals surface area contributed by atoms with E-state index in [4.69, 9.17) is 9.47 Å². The van der Waals surface area contributed by atoms with Gasteiger partial charge in [0.15, 0.2) is 5.79 Å². The van der Waals surface area contributed by atoms with E-state index in [-0.39, 0.29) is 11.6 Å². The summed E-state index contributed by atoms with van der Waals surface area (Å²) < 4.78 is 11.6. The highest BCUT2D eigenvalue weighted by Crippen LogP contribution is 2.47. The molecule has 0 atom stereocenters. The molecule has 25 heavy (non-hydrogen) atoms. The molecule has 4 rings (SSSR count). The number of hydrogen-bond acceptors (Lipinski definition) is 6. The molecule has 0 saturated carbocycles. The molecule has 1 amide bonds. The highest BCUT2D eigenvalue weighted by Gasteiger charge is 2.47. The van der Waals surface area contributed by atoms with Crippen molar-refractivity contribution in [3.63, 3.8) is 0 Å². The molecule has 1 spiro atoms. The predicted molar refractivity (Wildman–Crippen MR) is 88.4 cm³/mol. The quantitative estimate of drug-likeness (QED) is 0.589. The number of piperazine rings is 1. The largest absolute Gasteiger partial charge is 0.343 e. The molecular formula is C17H21N3O5. The summed E-state index contributed by atoms with van der Waals surface area (Å²) in [7, 11) is 2.01. The minimum atomic E-state index is -0.918. The molecule has 3 aliphatic rings. The summed E-state index contributed by atoms with van der Waals surface area (Å²) in [6, 6.07) is 3.15. The maximum atomic E-state index is 12.9. The lowest BCUT2D eigenvalue weighted by atomic mass is 10.0. The van der Waals surface area contributed by atoms with Crippen molar-refractivity contribution in [3.05, 3.63) is 38.9 Å². The van der Waals surface area contributed by atoms with E-state index in [0.717, 1.165) is 13.1 Å². The van der Waals surface area contributed by atoms with Crippen LogP contribution < -0.4 is 0 Å². The first-order valence-electron chi connectivity index (χ1n) is 8.58. The Kier molecular flexibility index (Phi) is 3.98. The number of nitro benzene ring substituents is 1. The monoisotopic (exact) mass is 347 g/mol. The van der Waals surface area contributed by atoms with Crippen molar-refractivity contribution in [1.82, 2.24) is 9.80 Å². The first kappa shape index (κ1) is 16.4. The van der Waals surface area contributed by atoms with Gasteiger partial charge in [0.1, 0.15) is 0 Å². The van der Waals surface area contributed by atoms with Crippen LogP contribution in [-0.4, -0.2) is 67.1 Å². The average molecular weight is 347 g/mol. The fourth-order valence-corrected chi connectivity index (χ4v) is 3.92. The standard InChI is InChI=1S/C17H21N3O5/c1-18-4-6-19(7-5-18)16(21)12-10-14-13(15(11-12)20(22)23)2-3-17(14)24-8-9-25-17/h10-11H,2-9H2,1H3. The number of fused-ring (bicyclic) bond motifs is 2. The third-order valence-corrected chi connectivity index (χ3v) is 5.33. The summed E-state index contributed by atoms with van der Waals surface area (Å²) in [5.74, 6) is -1.09. The second kappa shape index (κ2) is 6.05. The van der Waals surface area contributed by atoms with Crippen molar-refractivity contribution in [2.24, 2.45) is 0 Å². The number of nitro groups is 1.